The Hall–Kier alpha value is -1.66. The van der Waals surface area contributed by atoms with Crippen molar-refractivity contribution < 1.29 is 14.0 Å². The van der Waals surface area contributed by atoms with E-state index < -0.39 is 11.9 Å². The zero-order valence-corrected chi connectivity index (χ0v) is 11.9. The maximum Gasteiger partial charge on any atom is 0.241 e. The van der Waals surface area contributed by atoms with Crippen molar-refractivity contribution in [2.24, 2.45) is 5.73 Å². The van der Waals surface area contributed by atoms with Crippen molar-refractivity contribution >= 4 is 35.6 Å². The third-order valence-corrected chi connectivity index (χ3v) is 2.99. The molecule has 2 rings (SSSR count). The first-order chi connectivity index (χ1) is 8.99. The molecule has 2 amide bonds. The number of carbonyl (C=O) groups is 2. The van der Waals surface area contributed by atoms with Gasteiger partial charge in [-0.25, -0.2) is 4.39 Å². The van der Waals surface area contributed by atoms with Gasteiger partial charge in [-0.05, 0) is 31.5 Å². The van der Waals surface area contributed by atoms with E-state index in [1.807, 2.05) is 0 Å². The fourth-order valence-electron chi connectivity index (χ4n) is 1.96. The molecule has 1 saturated heterocycles. The summed E-state index contributed by atoms with van der Waals surface area (Å²) in [5, 5.41) is 2.50. The van der Waals surface area contributed by atoms with Crippen LogP contribution in [0.15, 0.2) is 18.2 Å². The Morgan fingerprint density at radius 1 is 1.50 bits per heavy atom. The molecule has 0 spiro atoms. The molecule has 0 aromatic heterocycles. The van der Waals surface area contributed by atoms with Crippen molar-refractivity contribution in [1.82, 2.24) is 0 Å². The summed E-state index contributed by atoms with van der Waals surface area (Å²) in [6.07, 6.45) is 1.18. The van der Waals surface area contributed by atoms with Gasteiger partial charge in [-0.15, -0.1) is 12.4 Å². The standard InChI is InChI=1S/C13H16FN3O2.ClH/c1-8(15)13(19)16-9-4-5-11(10(14)7-9)17-6-2-3-12(17)18;/h4-5,7-8H,2-3,6,15H2,1H3,(H,16,19);1H/t8-;/m1./s1. The molecule has 1 heterocycles. The molecule has 0 unspecified atom stereocenters. The molecule has 1 aromatic carbocycles. The summed E-state index contributed by atoms with van der Waals surface area (Å²) in [6, 6.07) is 3.59. The number of hydrogen-bond acceptors (Lipinski definition) is 3. The van der Waals surface area contributed by atoms with Gasteiger partial charge in [0, 0.05) is 18.7 Å². The van der Waals surface area contributed by atoms with Crippen molar-refractivity contribution in [3.05, 3.63) is 24.0 Å². The molecule has 110 valence electrons. The second-order valence-electron chi connectivity index (χ2n) is 4.59. The Bertz CT molecular complexity index is 522. The van der Waals surface area contributed by atoms with E-state index in [1.165, 1.54) is 17.0 Å². The number of nitrogens with zero attached hydrogens (tertiary/aromatic N) is 1. The first kappa shape index (κ1) is 16.4. The first-order valence-electron chi connectivity index (χ1n) is 6.15. The van der Waals surface area contributed by atoms with Crippen molar-refractivity contribution in [3.63, 3.8) is 0 Å². The summed E-state index contributed by atoms with van der Waals surface area (Å²) < 4.78 is 14.0. The van der Waals surface area contributed by atoms with Crippen LogP contribution < -0.4 is 16.0 Å². The molecular weight excluding hydrogens is 285 g/mol. The minimum absolute atomic E-state index is 0. The average molecular weight is 302 g/mol. The van der Waals surface area contributed by atoms with Crippen LogP contribution in [0, 0.1) is 5.82 Å². The average Bonchev–Trinajstić information content (AvgIpc) is 2.75. The van der Waals surface area contributed by atoms with E-state index >= 15 is 0 Å². The smallest absolute Gasteiger partial charge is 0.241 e. The predicted molar refractivity (Wildman–Crippen MR) is 77.5 cm³/mol. The molecule has 0 aliphatic carbocycles. The SMILES string of the molecule is C[C@@H](N)C(=O)Nc1ccc(N2CCCC2=O)c(F)c1.Cl. The van der Waals surface area contributed by atoms with E-state index in [-0.39, 0.29) is 29.9 Å². The molecule has 3 N–H and O–H groups in total. The molecule has 1 fully saturated rings. The van der Waals surface area contributed by atoms with Gasteiger partial charge >= 0.3 is 0 Å². The van der Waals surface area contributed by atoms with Gasteiger partial charge in [-0.3, -0.25) is 9.59 Å². The Morgan fingerprint density at radius 3 is 2.70 bits per heavy atom. The van der Waals surface area contributed by atoms with Gasteiger partial charge < -0.3 is 16.0 Å². The van der Waals surface area contributed by atoms with Gasteiger partial charge in [0.1, 0.15) is 5.82 Å². The highest BCUT2D eigenvalue weighted by molar-refractivity contribution is 5.97. The van der Waals surface area contributed by atoms with Gasteiger partial charge in [0.05, 0.1) is 11.7 Å². The molecule has 0 bridgehead atoms. The summed E-state index contributed by atoms with van der Waals surface area (Å²) in [7, 11) is 0. The zero-order chi connectivity index (χ0) is 14.0. The van der Waals surface area contributed by atoms with E-state index in [2.05, 4.69) is 5.32 Å². The summed E-state index contributed by atoms with van der Waals surface area (Å²) in [5.41, 5.74) is 5.99. The summed E-state index contributed by atoms with van der Waals surface area (Å²) in [4.78, 5) is 24.4. The van der Waals surface area contributed by atoms with Gasteiger partial charge in [0.25, 0.3) is 0 Å². The molecule has 7 heteroatoms. The number of nitrogens with two attached hydrogens (primary N) is 1. The van der Waals surface area contributed by atoms with E-state index in [4.69, 9.17) is 5.73 Å². The largest absolute Gasteiger partial charge is 0.325 e. The quantitative estimate of drug-likeness (QED) is 0.891. The number of hydrogen-bond donors (Lipinski definition) is 2. The van der Waals surface area contributed by atoms with E-state index in [0.717, 1.165) is 6.42 Å². The van der Waals surface area contributed by atoms with Crippen molar-refractivity contribution in [3.8, 4) is 0 Å². The second kappa shape index (κ2) is 6.67. The molecular formula is C13H17ClFN3O2. The fraction of sp³-hybridized carbons (Fsp3) is 0.385. The fourth-order valence-corrected chi connectivity index (χ4v) is 1.96. The maximum atomic E-state index is 14.0. The monoisotopic (exact) mass is 301 g/mol. The Morgan fingerprint density at radius 2 is 2.20 bits per heavy atom. The van der Waals surface area contributed by atoms with E-state index in [0.29, 0.717) is 18.7 Å². The number of halogens is 2. The summed E-state index contributed by atoms with van der Waals surface area (Å²) >= 11 is 0. The molecule has 1 aliphatic heterocycles. The lowest BCUT2D eigenvalue weighted by Gasteiger charge is -2.17. The lowest BCUT2D eigenvalue weighted by atomic mass is 10.2. The second-order valence-corrected chi connectivity index (χ2v) is 4.59. The third kappa shape index (κ3) is 3.46. The Labute approximate surface area is 122 Å². The van der Waals surface area contributed by atoms with Crippen LogP contribution in [-0.2, 0) is 9.59 Å². The van der Waals surface area contributed by atoms with E-state index in [1.54, 1.807) is 13.0 Å². The van der Waals surface area contributed by atoms with Crippen LogP contribution in [0.25, 0.3) is 0 Å². The highest BCUT2D eigenvalue weighted by Crippen LogP contribution is 2.26. The van der Waals surface area contributed by atoms with Crippen LogP contribution >= 0.6 is 12.4 Å². The molecule has 20 heavy (non-hydrogen) atoms. The van der Waals surface area contributed by atoms with Crippen molar-refractivity contribution in [2.45, 2.75) is 25.8 Å². The van der Waals surface area contributed by atoms with Crippen molar-refractivity contribution in [2.75, 3.05) is 16.8 Å². The number of carbonyl (C=O) groups excluding carboxylic acids is 2. The summed E-state index contributed by atoms with van der Waals surface area (Å²) in [6.45, 7) is 2.07. The van der Waals surface area contributed by atoms with Crippen LogP contribution in [0.4, 0.5) is 15.8 Å². The number of nitrogens with one attached hydrogen (secondary N) is 1. The lowest BCUT2D eigenvalue weighted by molar-refractivity contribution is -0.117. The van der Waals surface area contributed by atoms with Crippen LogP contribution in [0.3, 0.4) is 0 Å². The molecule has 0 saturated carbocycles. The lowest BCUT2D eigenvalue weighted by Crippen LogP contribution is -2.32. The molecule has 1 aromatic rings. The minimum atomic E-state index is -0.664. The molecule has 0 radical (unpaired) electrons. The normalized spacial score (nSPS) is 15.8. The number of amides is 2. The van der Waals surface area contributed by atoms with Crippen LogP contribution in [0.1, 0.15) is 19.8 Å². The Kier molecular flexibility index (Phi) is 5.47. The Balaban J connectivity index is 0.00000200. The van der Waals surface area contributed by atoms with Gasteiger partial charge in [-0.1, -0.05) is 0 Å². The van der Waals surface area contributed by atoms with E-state index in [9.17, 15) is 14.0 Å². The molecule has 5 nitrogen and oxygen atoms in total. The van der Waals surface area contributed by atoms with Gasteiger partial charge in [0.2, 0.25) is 11.8 Å². The number of benzene rings is 1. The van der Waals surface area contributed by atoms with Crippen molar-refractivity contribution in [1.29, 1.82) is 0 Å². The molecule has 1 aliphatic rings. The predicted octanol–water partition coefficient (Wildman–Crippen LogP) is 1.66. The zero-order valence-electron chi connectivity index (χ0n) is 11.1. The topological polar surface area (TPSA) is 75.4 Å². The maximum absolute atomic E-state index is 14.0. The number of anilines is 2. The third-order valence-electron chi connectivity index (χ3n) is 2.99. The van der Waals surface area contributed by atoms with Crippen LogP contribution in [-0.4, -0.2) is 24.4 Å². The summed E-state index contributed by atoms with van der Waals surface area (Å²) in [5.74, 6) is -0.992. The minimum Gasteiger partial charge on any atom is -0.325 e. The number of rotatable bonds is 3. The van der Waals surface area contributed by atoms with Gasteiger partial charge in [-0.2, -0.15) is 0 Å². The highest BCUT2D eigenvalue weighted by Gasteiger charge is 2.24. The van der Waals surface area contributed by atoms with Gasteiger partial charge in [0.15, 0.2) is 0 Å². The first-order valence-corrected chi connectivity index (χ1v) is 6.15. The van der Waals surface area contributed by atoms with Crippen LogP contribution in [0.5, 0.6) is 0 Å². The molecule has 1 atom stereocenters. The highest BCUT2D eigenvalue weighted by atomic mass is 35.5. The van der Waals surface area contributed by atoms with Crippen LogP contribution in [0.2, 0.25) is 0 Å².